The van der Waals surface area contributed by atoms with Crippen LogP contribution in [-0.4, -0.2) is 15.0 Å². The Labute approximate surface area is 372 Å². The van der Waals surface area contributed by atoms with Crippen molar-refractivity contribution in [3.8, 4) is 67.5 Å². The molecule has 0 aliphatic carbocycles. The van der Waals surface area contributed by atoms with Crippen molar-refractivity contribution in [1.29, 1.82) is 0 Å². The average molecular weight is 834 g/mol. The zero-order valence-electron chi connectivity index (χ0n) is 34.4. The van der Waals surface area contributed by atoms with Crippen molar-refractivity contribution < 1.29 is 4.42 Å². The minimum atomic E-state index is 0.617. The molecule has 10 aromatic carbocycles. The van der Waals surface area contributed by atoms with Gasteiger partial charge in [0.2, 0.25) is 0 Å². The van der Waals surface area contributed by atoms with Gasteiger partial charge in [0.05, 0.1) is 0 Å². The molecule has 0 saturated carbocycles. The Morgan fingerprint density at radius 1 is 0.297 bits per heavy atom. The fraction of sp³-hybridized carbons (Fsp3) is 0. The lowest BCUT2D eigenvalue weighted by Crippen LogP contribution is -2.00. The molecule has 3 aromatic heterocycles. The van der Waals surface area contributed by atoms with Gasteiger partial charge in [-0.05, 0) is 116 Å². The van der Waals surface area contributed by atoms with Crippen LogP contribution in [0, 0.1) is 0 Å². The van der Waals surface area contributed by atoms with E-state index in [0.29, 0.717) is 17.5 Å². The van der Waals surface area contributed by atoms with Crippen LogP contribution >= 0.6 is 11.3 Å². The van der Waals surface area contributed by atoms with Gasteiger partial charge in [0.1, 0.15) is 11.2 Å². The van der Waals surface area contributed by atoms with Crippen molar-refractivity contribution in [1.82, 2.24) is 15.0 Å². The lowest BCUT2D eigenvalue weighted by molar-refractivity contribution is 0.669. The van der Waals surface area contributed by atoms with E-state index in [9.17, 15) is 0 Å². The molecule has 0 spiro atoms. The molecule has 0 radical (unpaired) electrons. The highest BCUT2D eigenvalue weighted by Crippen LogP contribution is 2.43. The summed E-state index contributed by atoms with van der Waals surface area (Å²) in [6.45, 7) is 0. The van der Waals surface area contributed by atoms with E-state index in [4.69, 9.17) is 19.4 Å². The number of thiophene rings is 1. The van der Waals surface area contributed by atoms with Gasteiger partial charge in [-0.25, -0.2) is 15.0 Å². The van der Waals surface area contributed by atoms with E-state index in [1.54, 1.807) is 0 Å². The molecule has 0 atom stereocenters. The maximum absolute atomic E-state index is 6.75. The molecule has 4 nitrogen and oxygen atoms in total. The molecule has 0 amide bonds. The first-order valence-corrected chi connectivity index (χ1v) is 22.3. The lowest BCUT2D eigenvalue weighted by Gasteiger charge is -2.12. The van der Waals surface area contributed by atoms with Crippen LogP contribution in [-0.2, 0) is 0 Å². The molecule has 0 bridgehead atoms. The van der Waals surface area contributed by atoms with Gasteiger partial charge in [0.15, 0.2) is 17.5 Å². The third-order valence-electron chi connectivity index (χ3n) is 12.5. The fourth-order valence-corrected chi connectivity index (χ4v) is 10.3. The number of fused-ring (bicyclic) bond motifs is 8. The molecule has 64 heavy (non-hydrogen) atoms. The van der Waals surface area contributed by atoms with Crippen LogP contribution in [0.2, 0.25) is 0 Å². The largest absolute Gasteiger partial charge is 0.456 e. The first-order chi connectivity index (χ1) is 31.6. The number of hydrogen-bond acceptors (Lipinski definition) is 5. The summed E-state index contributed by atoms with van der Waals surface area (Å²) in [6, 6.07) is 75.3. The van der Waals surface area contributed by atoms with E-state index in [1.807, 2.05) is 11.3 Å². The molecule has 0 aliphatic heterocycles. The van der Waals surface area contributed by atoms with Crippen molar-refractivity contribution in [3.05, 3.63) is 212 Å². The number of aromatic nitrogens is 3. The van der Waals surface area contributed by atoms with Crippen molar-refractivity contribution in [2.24, 2.45) is 0 Å². The molecular formula is C59H35N3OS. The predicted molar refractivity (Wildman–Crippen MR) is 268 cm³/mol. The number of rotatable bonds is 6. The average Bonchev–Trinajstić information content (AvgIpc) is 3.93. The molecule has 13 aromatic rings. The van der Waals surface area contributed by atoms with Crippen LogP contribution in [0.15, 0.2) is 217 Å². The summed E-state index contributed by atoms with van der Waals surface area (Å²) < 4.78 is 9.26. The first kappa shape index (κ1) is 36.4. The van der Waals surface area contributed by atoms with Gasteiger partial charge in [0, 0.05) is 47.6 Å². The minimum Gasteiger partial charge on any atom is -0.456 e. The maximum Gasteiger partial charge on any atom is 0.164 e. The maximum atomic E-state index is 6.75. The highest BCUT2D eigenvalue weighted by atomic mass is 32.1. The van der Waals surface area contributed by atoms with Crippen LogP contribution in [0.5, 0.6) is 0 Å². The predicted octanol–water partition coefficient (Wildman–Crippen LogP) is 16.4. The standard InChI is InChI=1S/C59H35N3OS/c1-2-11-36(12-3-1)41-17-10-18-42(29-41)47-33-49(56-51-31-43-15-6-7-16-44(43)34-52(51)63-53(56)35-47)38-22-24-39(25-23-38)57-60-58(45-26-21-37-13-4-5-14-40(37)30-45)62-59(61-57)46-27-28-55-50(32-46)48-19-8-9-20-54(48)64-55/h1-35H. The van der Waals surface area contributed by atoms with Crippen molar-refractivity contribution in [3.63, 3.8) is 0 Å². The summed E-state index contributed by atoms with van der Waals surface area (Å²) in [7, 11) is 0. The summed E-state index contributed by atoms with van der Waals surface area (Å²) in [6.07, 6.45) is 0. The van der Waals surface area contributed by atoms with E-state index >= 15 is 0 Å². The molecule has 0 aliphatic rings. The van der Waals surface area contributed by atoms with Crippen LogP contribution < -0.4 is 0 Å². The molecular weight excluding hydrogens is 799 g/mol. The molecule has 5 heteroatoms. The normalized spacial score (nSPS) is 11.8. The second-order valence-corrected chi connectivity index (χ2v) is 17.5. The van der Waals surface area contributed by atoms with Crippen molar-refractivity contribution in [2.75, 3.05) is 0 Å². The Bertz CT molecular complexity index is 3960. The number of nitrogens with zero attached hydrogens (tertiary/aromatic N) is 3. The summed E-state index contributed by atoms with van der Waals surface area (Å²) in [5.41, 5.74) is 11.3. The van der Waals surface area contributed by atoms with Crippen LogP contribution in [0.4, 0.5) is 0 Å². The second-order valence-electron chi connectivity index (χ2n) is 16.4. The molecule has 13 rings (SSSR count). The third-order valence-corrected chi connectivity index (χ3v) is 13.6. The van der Waals surface area contributed by atoms with E-state index in [0.717, 1.165) is 71.7 Å². The van der Waals surface area contributed by atoms with E-state index < -0.39 is 0 Å². The highest BCUT2D eigenvalue weighted by molar-refractivity contribution is 7.25. The van der Waals surface area contributed by atoms with Gasteiger partial charge >= 0.3 is 0 Å². The topological polar surface area (TPSA) is 51.8 Å². The summed E-state index contributed by atoms with van der Waals surface area (Å²) >= 11 is 1.81. The summed E-state index contributed by atoms with van der Waals surface area (Å²) in [5.74, 6) is 1.89. The monoisotopic (exact) mass is 833 g/mol. The molecule has 298 valence electrons. The van der Waals surface area contributed by atoms with Crippen LogP contribution in [0.3, 0.4) is 0 Å². The van der Waals surface area contributed by atoms with Gasteiger partial charge in [-0.15, -0.1) is 11.3 Å². The fourth-order valence-electron chi connectivity index (χ4n) is 9.25. The third kappa shape index (κ3) is 6.25. The zero-order valence-corrected chi connectivity index (χ0v) is 35.2. The lowest BCUT2D eigenvalue weighted by atomic mass is 9.92. The summed E-state index contributed by atoms with van der Waals surface area (Å²) in [4.78, 5) is 15.5. The Kier molecular flexibility index (Phi) is 8.36. The zero-order chi connectivity index (χ0) is 42.1. The number of hydrogen-bond donors (Lipinski definition) is 0. The molecule has 0 saturated heterocycles. The van der Waals surface area contributed by atoms with E-state index in [-0.39, 0.29) is 0 Å². The number of benzene rings is 10. The Morgan fingerprint density at radius 2 is 0.875 bits per heavy atom. The minimum absolute atomic E-state index is 0.617. The van der Waals surface area contributed by atoms with Gasteiger partial charge < -0.3 is 4.42 Å². The number of furan rings is 1. The van der Waals surface area contributed by atoms with Crippen LogP contribution in [0.25, 0.3) is 131 Å². The molecule has 0 N–H and O–H groups in total. The Morgan fingerprint density at radius 3 is 1.67 bits per heavy atom. The first-order valence-electron chi connectivity index (χ1n) is 21.5. The summed E-state index contributed by atoms with van der Waals surface area (Å²) in [5, 5.41) is 9.27. The smallest absolute Gasteiger partial charge is 0.164 e. The SMILES string of the molecule is c1ccc(-c2cccc(-c3cc(-c4ccc(-c5nc(-c6ccc7ccccc7c6)nc(-c6ccc7sc8ccccc8c7c6)n5)cc4)c4c(c3)oc3cc5ccccc5cc34)c2)cc1. The van der Waals surface area contributed by atoms with Crippen LogP contribution in [0.1, 0.15) is 0 Å². The molecule has 0 unspecified atom stereocenters. The highest BCUT2D eigenvalue weighted by Gasteiger charge is 2.19. The Balaban J connectivity index is 0.972. The van der Waals surface area contributed by atoms with E-state index in [2.05, 4.69) is 212 Å². The Hall–Kier alpha value is -8.25. The van der Waals surface area contributed by atoms with Gasteiger partial charge in [0.25, 0.3) is 0 Å². The van der Waals surface area contributed by atoms with Crippen molar-refractivity contribution in [2.45, 2.75) is 0 Å². The molecule has 3 heterocycles. The van der Waals surface area contributed by atoms with E-state index in [1.165, 1.54) is 42.1 Å². The molecule has 0 fully saturated rings. The van der Waals surface area contributed by atoms with Crippen molar-refractivity contribution >= 4 is 75.0 Å². The van der Waals surface area contributed by atoms with Gasteiger partial charge in [-0.2, -0.15) is 0 Å². The quantitative estimate of drug-likeness (QED) is 0.167. The van der Waals surface area contributed by atoms with Gasteiger partial charge in [-0.1, -0.05) is 152 Å². The van der Waals surface area contributed by atoms with Gasteiger partial charge in [-0.3, -0.25) is 0 Å². The second kappa shape index (κ2) is 14.7.